The zero-order chi connectivity index (χ0) is 11.4. The predicted octanol–water partition coefficient (Wildman–Crippen LogP) is 2.33. The number of likely N-dealkylation sites (tertiary alicyclic amines) is 1. The van der Waals surface area contributed by atoms with Gasteiger partial charge in [0, 0.05) is 19.5 Å². The van der Waals surface area contributed by atoms with Crippen LogP contribution in [0.5, 0.6) is 0 Å². The summed E-state index contributed by atoms with van der Waals surface area (Å²) in [5.74, 6) is 1.03. The Morgan fingerprint density at radius 1 is 1.38 bits per heavy atom. The highest BCUT2D eigenvalue weighted by molar-refractivity contribution is 5.79. The number of carbonyl (C=O) groups excluding carboxylic acids is 1. The molecular weight excluding hydrogens is 200 g/mol. The van der Waals surface area contributed by atoms with Crippen LogP contribution in [0, 0.1) is 23.2 Å². The van der Waals surface area contributed by atoms with E-state index in [2.05, 4.69) is 6.07 Å². The highest BCUT2D eigenvalue weighted by Gasteiger charge is 2.29. The molecule has 0 aromatic carbocycles. The van der Waals surface area contributed by atoms with Crippen molar-refractivity contribution in [1.82, 2.24) is 4.90 Å². The Morgan fingerprint density at radius 3 is 2.75 bits per heavy atom. The molecule has 1 heterocycles. The van der Waals surface area contributed by atoms with Crippen molar-refractivity contribution in [3.63, 3.8) is 0 Å². The highest BCUT2D eigenvalue weighted by atomic mass is 16.2. The molecule has 2 rings (SSSR count). The van der Waals surface area contributed by atoms with Crippen LogP contribution in [-0.4, -0.2) is 23.9 Å². The minimum atomic E-state index is -0.0565. The Bertz CT molecular complexity index is 289. The van der Waals surface area contributed by atoms with Crippen molar-refractivity contribution < 1.29 is 4.79 Å². The molecule has 1 saturated carbocycles. The van der Waals surface area contributed by atoms with Gasteiger partial charge in [-0.1, -0.05) is 25.7 Å². The second-order valence-corrected chi connectivity index (χ2v) is 5.16. The van der Waals surface area contributed by atoms with Gasteiger partial charge in [0.05, 0.1) is 12.0 Å². The van der Waals surface area contributed by atoms with Crippen LogP contribution < -0.4 is 0 Å². The normalized spacial score (nSPS) is 26.3. The smallest absolute Gasteiger partial charge is 0.224 e. The standard InChI is InChI=1S/C13H20N2O/c14-9-12-8-13(16)15(10-12)7-3-6-11-4-1-2-5-11/h11-12H,1-8,10H2. The second-order valence-electron chi connectivity index (χ2n) is 5.16. The van der Waals surface area contributed by atoms with E-state index in [9.17, 15) is 4.79 Å². The van der Waals surface area contributed by atoms with E-state index in [1.807, 2.05) is 4.90 Å². The number of hydrogen-bond acceptors (Lipinski definition) is 2. The molecule has 2 aliphatic rings. The maximum Gasteiger partial charge on any atom is 0.224 e. The topological polar surface area (TPSA) is 44.1 Å². The van der Waals surface area contributed by atoms with Crippen LogP contribution in [0.15, 0.2) is 0 Å². The summed E-state index contributed by atoms with van der Waals surface area (Å²) in [6, 6.07) is 2.19. The lowest BCUT2D eigenvalue weighted by molar-refractivity contribution is -0.127. The van der Waals surface area contributed by atoms with Gasteiger partial charge in [0.2, 0.25) is 5.91 Å². The Kier molecular flexibility index (Phi) is 3.82. The molecule has 3 nitrogen and oxygen atoms in total. The van der Waals surface area contributed by atoms with Gasteiger partial charge in [-0.15, -0.1) is 0 Å². The van der Waals surface area contributed by atoms with Gasteiger partial charge >= 0.3 is 0 Å². The molecule has 0 radical (unpaired) electrons. The van der Waals surface area contributed by atoms with E-state index in [-0.39, 0.29) is 11.8 Å². The van der Waals surface area contributed by atoms with E-state index in [1.54, 1.807) is 0 Å². The monoisotopic (exact) mass is 220 g/mol. The fourth-order valence-corrected chi connectivity index (χ4v) is 2.94. The minimum Gasteiger partial charge on any atom is -0.341 e. The zero-order valence-corrected chi connectivity index (χ0v) is 9.82. The van der Waals surface area contributed by atoms with Crippen LogP contribution in [0.1, 0.15) is 44.9 Å². The summed E-state index contributed by atoms with van der Waals surface area (Å²) in [5.41, 5.74) is 0. The maximum absolute atomic E-state index is 11.5. The number of carbonyl (C=O) groups is 1. The summed E-state index contributed by atoms with van der Waals surface area (Å²) in [6.07, 6.45) is 8.38. The predicted molar refractivity (Wildman–Crippen MR) is 61.5 cm³/mol. The fraction of sp³-hybridized carbons (Fsp3) is 0.846. The van der Waals surface area contributed by atoms with Crippen molar-refractivity contribution >= 4 is 5.91 Å². The molecule has 1 aliphatic heterocycles. The quantitative estimate of drug-likeness (QED) is 0.729. The lowest BCUT2D eigenvalue weighted by Gasteiger charge is -2.16. The van der Waals surface area contributed by atoms with Gasteiger partial charge in [0.1, 0.15) is 0 Å². The second kappa shape index (κ2) is 5.34. The number of nitriles is 1. The third-order valence-corrected chi connectivity index (χ3v) is 3.91. The molecule has 0 N–H and O–H groups in total. The SMILES string of the molecule is N#CC1CC(=O)N(CCCC2CCCC2)C1. The van der Waals surface area contributed by atoms with Crippen molar-refractivity contribution in [1.29, 1.82) is 5.26 Å². The first kappa shape index (κ1) is 11.4. The van der Waals surface area contributed by atoms with Gasteiger partial charge in [-0.2, -0.15) is 5.26 Å². The molecule has 2 fully saturated rings. The first-order chi connectivity index (χ1) is 7.79. The van der Waals surface area contributed by atoms with Crippen LogP contribution in [0.4, 0.5) is 0 Å². The van der Waals surface area contributed by atoms with Crippen LogP contribution in [0.2, 0.25) is 0 Å². The zero-order valence-electron chi connectivity index (χ0n) is 9.82. The van der Waals surface area contributed by atoms with Gasteiger partial charge in [-0.05, 0) is 18.8 Å². The molecule has 0 spiro atoms. The molecule has 1 aliphatic carbocycles. The van der Waals surface area contributed by atoms with Gasteiger partial charge in [0.15, 0.2) is 0 Å². The molecular formula is C13H20N2O. The van der Waals surface area contributed by atoms with E-state index >= 15 is 0 Å². The summed E-state index contributed by atoms with van der Waals surface area (Å²) in [5, 5.41) is 8.77. The van der Waals surface area contributed by atoms with E-state index in [0.717, 1.165) is 18.9 Å². The number of hydrogen-bond donors (Lipinski definition) is 0. The van der Waals surface area contributed by atoms with Crippen LogP contribution >= 0.6 is 0 Å². The lowest BCUT2D eigenvalue weighted by Crippen LogP contribution is -2.26. The molecule has 1 atom stereocenters. The van der Waals surface area contributed by atoms with E-state index in [0.29, 0.717) is 13.0 Å². The lowest BCUT2D eigenvalue weighted by atomic mass is 10.0. The van der Waals surface area contributed by atoms with E-state index in [4.69, 9.17) is 5.26 Å². The van der Waals surface area contributed by atoms with E-state index in [1.165, 1.54) is 32.1 Å². The summed E-state index contributed by atoms with van der Waals surface area (Å²) >= 11 is 0. The first-order valence-corrected chi connectivity index (χ1v) is 6.47. The van der Waals surface area contributed by atoms with Crippen molar-refractivity contribution in [2.24, 2.45) is 11.8 Å². The van der Waals surface area contributed by atoms with Gasteiger partial charge in [0.25, 0.3) is 0 Å². The molecule has 16 heavy (non-hydrogen) atoms. The largest absolute Gasteiger partial charge is 0.341 e. The molecule has 0 aromatic heterocycles. The van der Waals surface area contributed by atoms with Crippen LogP contribution in [-0.2, 0) is 4.79 Å². The Morgan fingerprint density at radius 2 is 2.12 bits per heavy atom. The van der Waals surface area contributed by atoms with Crippen molar-refractivity contribution in [2.45, 2.75) is 44.9 Å². The number of nitrogens with zero attached hydrogens (tertiary/aromatic N) is 2. The average molecular weight is 220 g/mol. The molecule has 3 heteroatoms. The third kappa shape index (κ3) is 2.75. The molecule has 88 valence electrons. The summed E-state index contributed by atoms with van der Waals surface area (Å²) in [7, 11) is 0. The number of rotatable bonds is 4. The molecule has 0 aromatic rings. The van der Waals surface area contributed by atoms with Gasteiger partial charge in [-0.3, -0.25) is 4.79 Å². The maximum atomic E-state index is 11.5. The first-order valence-electron chi connectivity index (χ1n) is 6.47. The van der Waals surface area contributed by atoms with Gasteiger partial charge < -0.3 is 4.90 Å². The van der Waals surface area contributed by atoms with Crippen LogP contribution in [0.25, 0.3) is 0 Å². The molecule has 1 amide bonds. The molecule has 0 bridgehead atoms. The summed E-state index contributed by atoms with van der Waals surface area (Å²) < 4.78 is 0. The average Bonchev–Trinajstić information content (AvgIpc) is 2.89. The molecule has 1 saturated heterocycles. The van der Waals surface area contributed by atoms with Gasteiger partial charge in [-0.25, -0.2) is 0 Å². The Balaban J connectivity index is 1.66. The Labute approximate surface area is 97.4 Å². The summed E-state index contributed by atoms with van der Waals surface area (Å²) in [6.45, 7) is 1.54. The summed E-state index contributed by atoms with van der Waals surface area (Å²) in [4.78, 5) is 13.4. The van der Waals surface area contributed by atoms with Crippen molar-refractivity contribution in [3.8, 4) is 6.07 Å². The third-order valence-electron chi connectivity index (χ3n) is 3.91. The van der Waals surface area contributed by atoms with Crippen LogP contribution in [0.3, 0.4) is 0 Å². The highest BCUT2D eigenvalue weighted by Crippen LogP contribution is 2.28. The van der Waals surface area contributed by atoms with Crippen molar-refractivity contribution in [3.05, 3.63) is 0 Å². The molecule has 1 unspecified atom stereocenters. The minimum absolute atomic E-state index is 0.0565. The van der Waals surface area contributed by atoms with Crippen molar-refractivity contribution in [2.75, 3.05) is 13.1 Å². The number of amides is 1. The Hall–Kier alpha value is -1.04. The van der Waals surface area contributed by atoms with E-state index < -0.39 is 0 Å². The fourth-order valence-electron chi connectivity index (χ4n) is 2.94.